The summed E-state index contributed by atoms with van der Waals surface area (Å²) in [6, 6.07) is 4.20. The van der Waals surface area contributed by atoms with E-state index in [1.165, 1.54) is 17.7 Å². The predicted molar refractivity (Wildman–Crippen MR) is 68.1 cm³/mol. The SMILES string of the molecule is CC(Nc1ccnc(C(=O)N(C)C)c1)C1CC1. The topological polar surface area (TPSA) is 45.2 Å². The summed E-state index contributed by atoms with van der Waals surface area (Å²) in [4.78, 5) is 17.4. The third kappa shape index (κ3) is 2.96. The van der Waals surface area contributed by atoms with Crippen LogP contribution >= 0.6 is 0 Å². The lowest BCUT2D eigenvalue weighted by Crippen LogP contribution is -2.23. The van der Waals surface area contributed by atoms with Gasteiger partial charge in [0.2, 0.25) is 0 Å². The van der Waals surface area contributed by atoms with Crippen molar-refractivity contribution in [2.75, 3.05) is 19.4 Å². The molecule has 1 unspecified atom stereocenters. The molecule has 1 aliphatic carbocycles. The Morgan fingerprint density at radius 1 is 1.53 bits per heavy atom. The Kier molecular flexibility index (Phi) is 3.31. The molecule has 4 heteroatoms. The van der Waals surface area contributed by atoms with Gasteiger partial charge in [0.05, 0.1) is 0 Å². The maximum absolute atomic E-state index is 11.8. The van der Waals surface area contributed by atoms with Crippen LogP contribution in [0.4, 0.5) is 5.69 Å². The third-order valence-electron chi connectivity index (χ3n) is 3.11. The molecule has 0 bridgehead atoms. The Morgan fingerprint density at radius 2 is 2.24 bits per heavy atom. The van der Waals surface area contributed by atoms with E-state index in [9.17, 15) is 4.79 Å². The highest BCUT2D eigenvalue weighted by Crippen LogP contribution is 2.33. The van der Waals surface area contributed by atoms with Crippen molar-refractivity contribution in [3.05, 3.63) is 24.0 Å². The fraction of sp³-hybridized carbons (Fsp3) is 0.538. The first-order valence-electron chi connectivity index (χ1n) is 6.02. The van der Waals surface area contributed by atoms with Crippen molar-refractivity contribution in [3.8, 4) is 0 Å². The first-order chi connectivity index (χ1) is 8.08. The van der Waals surface area contributed by atoms with E-state index >= 15 is 0 Å². The van der Waals surface area contributed by atoms with E-state index in [0.29, 0.717) is 11.7 Å². The average Bonchev–Trinajstić information content (AvgIpc) is 3.12. The molecule has 0 aliphatic heterocycles. The van der Waals surface area contributed by atoms with Crippen LogP contribution in [0.15, 0.2) is 18.3 Å². The first kappa shape index (κ1) is 11.9. The van der Waals surface area contributed by atoms with Crippen LogP contribution in [-0.4, -0.2) is 35.9 Å². The molecule has 1 fully saturated rings. The predicted octanol–water partition coefficient (Wildman–Crippen LogP) is 1.99. The summed E-state index contributed by atoms with van der Waals surface area (Å²) in [5, 5.41) is 3.43. The summed E-state index contributed by atoms with van der Waals surface area (Å²) in [6.07, 6.45) is 4.30. The number of pyridine rings is 1. The van der Waals surface area contributed by atoms with E-state index in [2.05, 4.69) is 17.2 Å². The van der Waals surface area contributed by atoms with Crippen LogP contribution in [0.5, 0.6) is 0 Å². The zero-order valence-corrected chi connectivity index (χ0v) is 10.6. The molecule has 2 rings (SSSR count). The van der Waals surface area contributed by atoms with Crippen LogP contribution in [0.1, 0.15) is 30.3 Å². The molecule has 0 saturated heterocycles. The smallest absolute Gasteiger partial charge is 0.272 e. The summed E-state index contributed by atoms with van der Waals surface area (Å²) in [6.45, 7) is 2.19. The number of carbonyl (C=O) groups excluding carboxylic acids is 1. The number of anilines is 1. The van der Waals surface area contributed by atoms with E-state index in [0.717, 1.165) is 11.6 Å². The van der Waals surface area contributed by atoms with Crippen LogP contribution in [0.3, 0.4) is 0 Å². The normalized spacial score (nSPS) is 16.4. The van der Waals surface area contributed by atoms with Crippen molar-refractivity contribution in [1.29, 1.82) is 0 Å². The van der Waals surface area contributed by atoms with Gasteiger partial charge >= 0.3 is 0 Å². The second-order valence-corrected chi connectivity index (χ2v) is 4.90. The minimum Gasteiger partial charge on any atom is -0.382 e. The maximum Gasteiger partial charge on any atom is 0.272 e. The molecule has 1 amide bonds. The Morgan fingerprint density at radius 3 is 2.82 bits per heavy atom. The lowest BCUT2D eigenvalue weighted by molar-refractivity contribution is 0.0822. The summed E-state index contributed by atoms with van der Waals surface area (Å²) >= 11 is 0. The van der Waals surface area contributed by atoms with Crippen molar-refractivity contribution in [3.63, 3.8) is 0 Å². The number of hydrogen-bond acceptors (Lipinski definition) is 3. The van der Waals surface area contributed by atoms with Gasteiger partial charge in [-0.15, -0.1) is 0 Å². The fourth-order valence-electron chi connectivity index (χ4n) is 1.84. The van der Waals surface area contributed by atoms with E-state index < -0.39 is 0 Å². The molecule has 1 aliphatic rings. The summed E-state index contributed by atoms with van der Waals surface area (Å²) in [5.41, 5.74) is 1.47. The summed E-state index contributed by atoms with van der Waals surface area (Å²) in [5.74, 6) is 0.726. The van der Waals surface area contributed by atoms with Crippen LogP contribution in [0.25, 0.3) is 0 Å². The Hall–Kier alpha value is -1.58. The minimum absolute atomic E-state index is 0.0623. The molecular formula is C13H19N3O. The average molecular weight is 233 g/mol. The first-order valence-corrected chi connectivity index (χ1v) is 6.02. The van der Waals surface area contributed by atoms with Gasteiger partial charge in [0.1, 0.15) is 5.69 Å². The zero-order valence-electron chi connectivity index (χ0n) is 10.6. The maximum atomic E-state index is 11.8. The molecular weight excluding hydrogens is 214 g/mol. The monoisotopic (exact) mass is 233 g/mol. The molecule has 0 spiro atoms. The number of nitrogens with zero attached hydrogens (tertiary/aromatic N) is 2. The third-order valence-corrected chi connectivity index (χ3v) is 3.11. The van der Waals surface area contributed by atoms with Crippen molar-refractivity contribution in [2.24, 2.45) is 5.92 Å². The zero-order chi connectivity index (χ0) is 12.4. The van der Waals surface area contributed by atoms with E-state index in [1.54, 1.807) is 20.3 Å². The van der Waals surface area contributed by atoms with E-state index in [-0.39, 0.29) is 5.91 Å². The molecule has 1 N–H and O–H groups in total. The van der Waals surface area contributed by atoms with Gasteiger partial charge < -0.3 is 10.2 Å². The lowest BCUT2D eigenvalue weighted by atomic mass is 10.2. The van der Waals surface area contributed by atoms with Gasteiger partial charge in [0, 0.05) is 32.0 Å². The molecule has 92 valence electrons. The summed E-state index contributed by atoms with van der Waals surface area (Å²) in [7, 11) is 3.47. The Bertz CT molecular complexity index is 413. The van der Waals surface area contributed by atoms with Crippen LogP contribution in [0.2, 0.25) is 0 Å². The van der Waals surface area contributed by atoms with Gasteiger partial charge in [-0.2, -0.15) is 0 Å². The number of amides is 1. The Balaban J connectivity index is 2.07. The molecule has 1 aromatic rings. The molecule has 0 aromatic carbocycles. The standard InChI is InChI=1S/C13H19N3O/c1-9(10-4-5-10)15-11-6-7-14-12(8-11)13(17)16(2)3/h6-10H,4-5H2,1-3H3,(H,14,15). The number of rotatable bonds is 4. The van der Waals surface area contributed by atoms with Crippen molar-refractivity contribution in [2.45, 2.75) is 25.8 Å². The van der Waals surface area contributed by atoms with E-state index in [4.69, 9.17) is 0 Å². The highest BCUT2D eigenvalue weighted by Gasteiger charge is 2.27. The van der Waals surface area contributed by atoms with Gasteiger partial charge in [-0.3, -0.25) is 9.78 Å². The van der Waals surface area contributed by atoms with Crippen molar-refractivity contribution in [1.82, 2.24) is 9.88 Å². The molecule has 17 heavy (non-hydrogen) atoms. The lowest BCUT2D eigenvalue weighted by Gasteiger charge is -2.15. The number of carbonyl (C=O) groups is 1. The molecule has 1 heterocycles. The van der Waals surface area contributed by atoms with Crippen LogP contribution in [-0.2, 0) is 0 Å². The highest BCUT2D eigenvalue weighted by atomic mass is 16.2. The minimum atomic E-state index is -0.0623. The number of aromatic nitrogens is 1. The number of nitrogens with one attached hydrogen (secondary N) is 1. The number of hydrogen-bond donors (Lipinski definition) is 1. The van der Waals surface area contributed by atoms with Crippen molar-refractivity contribution >= 4 is 11.6 Å². The van der Waals surface area contributed by atoms with Gasteiger partial charge in [-0.1, -0.05) is 0 Å². The molecule has 1 aromatic heterocycles. The second kappa shape index (κ2) is 4.73. The second-order valence-electron chi connectivity index (χ2n) is 4.90. The van der Waals surface area contributed by atoms with Gasteiger partial charge in [0.15, 0.2) is 0 Å². The molecule has 1 saturated carbocycles. The molecule has 4 nitrogen and oxygen atoms in total. The van der Waals surface area contributed by atoms with Gasteiger partial charge in [-0.25, -0.2) is 0 Å². The van der Waals surface area contributed by atoms with Crippen LogP contribution in [0, 0.1) is 5.92 Å². The quantitative estimate of drug-likeness (QED) is 0.865. The van der Waals surface area contributed by atoms with Gasteiger partial charge in [-0.05, 0) is 37.8 Å². The fourth-order valence-corrected chi connectivity index (χ4v) is 1.84. The van der Waals surface area contributed by atoms with Gasteiger partial charge in [0.25, 0.3) is 5.91 Å². The van der Waals surface area contributed by atoms with E-state index in [1.807, 2.05) is 12.1 Å². The van der Waals surface area contributed by atoms with Crippen molar-refractivity contribution < 1.29 is 4.79 Å². The van der Waals surface area contributed by atoms with Crippen LogP contribution < -0.4 is 5.32 Å². The summed E-state index contributed by atoms with van der Waals surface area (Å²) < 4.78 is 0. The molecule has 0 radical (unpaired) electrons. The highest BCUT2D eigenvalue weighted by molar-refractivity contribution is 5.92. The molecule has 1 atom stereocenters. The Labute approximate surface area is 102 Å². The largest absolute Gasteiger partial charge is 0.382 e.